The van der Waals surface area contributed by atoms with Crippen molar-refractivity contribution in [2.24, 2.45) is 17.6 Å². The van der Waals surface area contributed by atoms with Crippen LogP contribution in [-0.4, -0.2) is 57.6 Å². The maximum absolute atomic E-state index is 13.4. The van der Waals surface area contributed by atoms with Crippen LogP contribution in [0.2, 0.25) is 0 Å². The molecule has 31 heavy (non-hydrogen) atoms. The Hall–Kier alpha value is -3.53. The summed E-state index contributed by atoms with van der Waals surface area (Å²) >= 11 is 0. The summed E-state index contributed by atoms with van der Waals surface area (Å²) in [5.74, 6) is -6.66. The van der Waals surface area contributed by atoms with Gasteiger partial charge in [-0.15, -0.1) is 0 Å². The van der Waals surface area contributed by atoms with Crippen molar-refractivity contribution in [3.8, 4) is 5.75 Å². The molecule has 1 fully saturated rings. The standard InChI is InChI=1S/C21H23N3O7/c1-24(2)11-6-10(22)16(26)14-9(11)4-7-3-8-5-12(25)15(20(23)30)19(29)21(8,31)18(28)13(7)17(14)27/h6-8,26-27,29,31H,3-5,22H2,1-2H3,(H2,23,30)/t7?,8?,21-/m0/s1. The van der Waals surface area contributed by atoms with Crippen molar-refractivity contribution in [3.63, 3.8) is 0 Å². The number of amides is 1. The third-order valence-corrected chi connectivity index (χ3v) is 6.55. The number of hydrogen-bond acceptors (Lipinski definition) is 9. The number of phenols is 1. The minimum Gasteiger partial charge on any atom is -0.508 e. The molecular weight excluding hydrogens is 406 g/mol. The van der Waals surface area contributed by atoms with E-state index in [2.05, 4.69) is 0 Å². The van der Waals surface area contributed by atoms with Gasteiger partial charge in [-0.05, 0) is 30.4 Å². The zero-order chi connectivity index (χ0) is 23.0. The van der Waals surface area contributed by atoms with Crippen LogP contribution in [0.15, 0.2) is 23.0 Å². The Morgan fingerprint density at radius 1 is 1.19 bits per heavy atom. The van der Waals surface area contributed by atoms with Gasteiger partial charge in [-0.25, -0.2) is 0 Å². The quantitative estimate of drug-likeness (QED) is 0.215. The third-order valence-electron chi connectivity index (χ3n) is 6.55. The summed E-state index contributed by atoms with van der Waals surface area (Å²) in [5, 5.41) is 43.2. The van der Waals surface area contributed by atoms with Crippen molar-refractivity contribution in [2.75, 3.05) is 24.7 Å². The number of aliphatic hydroxyl groups is 3. The van der Waals surface area contributed by atoms with Gasteiger partial charge in [0, 0.05) is 37.7 Å². The smallest absolute Gasteiger partial charge is 0.255 e. The Bertz CT molecular complexity index is 1130. The molecule has 1 saturated carbocycles. The molecule has 2 unspecified atom stereocenters. The second-order valence-corrected chi connectivity index (χ2v) is 8.49. The van der Waals surface area contributed by atoms with Crippen molar-refractivity contribution in [2.45, 2.75) is 24.9 Å². The lowest BCUT2D eigenvalue weighted by atomic mass is 9.59. The van der Waals surface area contributed by atoms with Crippen LogP contribution in [0.3, 0.4) is 0 Å². The van der Waals surface area contributed by atoms with E-state index in [-0.39, 0.29) is 36.1 Å². The largest absolute Gasteiger partial charge is 0.508 e. The Kier molecular flexibility index (Phi) is 4.33. The predicted molar refractivity (Wildman–Crippen MR) is 110 cm³/mol. The van der Waals surface area contributed by atoms with Crippen LogP contribution in [-0.2, 0) is 20.8 Å². The van der Waals surface area contributed by atoms with Crippen LogP contribution in [0, 0.1) is 11.8 Å². The number of fused-ring (bicyclic) bond motifs is 3. The molecule has 164 valence electrons. The number of nitrogens with two attached hydrogens (primary N) is 2. The highest BCUT2D eigenvalue weighted by Gasteiger charge is 2.60. The molecule has 3 aliphatic rings. The number of Topliss-reactive ketones (excluding diaryl/α,β-unsaturated/α-hetero) is 2. The van der Waals surface area contributed by atoms with E-state index < -0.39 is 57.8 Å². The van der Waals surface area contributed by atoms with Crippen molar-refractivity contribution in [1.82, 2.24) is 0 Å². The van der Waals surface area contributed by atoms with Crippen molar-refractivity contribution in [3.05, 3.63) is 34.1 Å². The maximum atomic E-state index is 13.4. The summed E-state index contributed by atoms with van der Waals surface area (Å²) in [4.78, 5) is 39.1. The molecule has 1 aromatic carbocycles. The van der Waals surface area contributed by atoms with Gasteiger partial charge in [0.25, 0.3) is 5.91 Å². The van der Waals surface area contributed by atoms with Crippen molar-refractivity contribution in [1.29, 1.82) is 0 Å². The Labute approximate surface area is 177 Å². The number of hydrogen-bond donors (Lipinski definition) is 6. The fourth-order valence-electron chi connectivity index (χ4n) is 5.09. The number of carbonyl (C=O) groups excluding carboxylic acids is 3. The van der Waals surface area contributed by atoms with Gasteiger partial charge in [-0.2, -0.15) is 0 Å². The average Bonchev–Trinajstić information content (AvgIpc) is 2.66. The summed E-state index contributed by atoms with van der Waals surface area (Å²) < 4.78 is 0. The molecule has 10 nitrogen and oxygen atoms in total. The van der Waals surface area contributed by atoms with E-state index in [1.165, 1.54) is 0 Å². The molecule has 3 aliphatic carbocycles. The van der Waals surface area contributed by atoms with Gasteiger partial charge in [-0.3, -0.25) is 14.4 Å². The first-order valence-corrected chi connectivity index (χ1v) is 9.70. The van der Waals surface area contributed by atoms with Gasteiger partial charge < -0.3 is 36.8 Å². The second kappa shape index (κ2) is 6.48. The van der Waals surface area contributed by atoms with E-state index in [9.17, 15) is 34.8 Å². The van der Waals surface area contributed by atoms with Crippen LogP contribution < -0.4 is 16.4 Å². The number of aromatic hydroxyl groups is 1. The van der Waals surface area contributed by atoms with E-state index in [0.29, 0.717) is 11.3 Å². The number of ketones is 2. The van der Waals surface area contributed by atoms with E-state index in [1.807, 2.05) is 0 Å². The number of nitrogens with zero attached hydrogens (tertiary/aromatic N) is 1. The van der Waals surface area contributed by atoms with Crippen molar-refractivity contribution >= 4 is 34.6 Å². The highest BCUT2D eigenvalue weighted by molar-refractivity contribution is 6.22. The van der Waals surface area contributed by atoms with Crippen LogP contribution in [0.4, 0.5) is 11.4 Å². The Balaban J connectivity index is 1.97. The number of primary amides is 1. The van der Waals surface area contributed by atoms with Gasteiger partial charge in [0.15, 0.2) is 11.4 Å². The number of carbonyl (C=O) groups is 3. The first-order valence-electron chi connectivity index (χ1n) is 9.70. The van der Waals surface area contributed by atoms with E-state index >= 15 is 0 Å². The monoisotopic (exact) mass is 429 g/mol. The molecule has 3 atom stereocenters. The molecule has 0 heterocycles. The van der Waals surface area contributed by atoms with Gasteiger partial charge in [-0.1, -0.05) is 0 Å². The summed E-state index contributed by atoms with van der Waals surface area (Å²) in [6, 6.07) is 1.56. The fourth-order valence-corrected chi connectivity index (χ4v) is 5.09. The third kappa shape index (κ3) is 2.57. The number of phenolic OH excluding ortho intramolecular Hbond substituents is 1. The number of aliphatic hydroxyl groups excluding tert-OH is 2. The van der Waals surface area contributed by atoms with Crippen LogP contribution in [0.1, 0.15) is 24.0 Å². The fraction of sp³-hybridized carbons (Fsp3) is 0.381. The van der Waals surface area contributed by atoms with Gasteiger partial charge in [0.05, 0.1) is 11.3 Å². The molecule has 1 amide bonds. The summed E-state index contributed by atoms with van der Waals surface area (Å²) in [7, 11) is 3.53. The number of benzene rings is 1. The summed E-state index contributed by atoms with van der Waals surface area (Å²) in [6.45, 7) is 0. The van der Waals surface area contributed by atoms with Crippen LogP contribution in [0.5, 0.6) is 5.75 Å². The van der Waals surface area contributed by atoms with Crippen LogP contribution >= 0.6 is 0 Å². The normalized spacial score (nSPS) is 27.6. The lowest BCUT2D eigenvalue weighted by Crippen LogP contribution is -2.58. The zero-order valence-corrected chi connectivity index (χ0v) is 17.0. The molecule has 10 heteroatoms. The summed E-state index contributed by atoms with van der Waals surface area (Å²) in [5.41, 5.74) is 8.66. The average molecular weight is 429 g/mol. The van der Waals surface area contributed by atoms with E-state index in [1.54, 1.807) is 25.1 Å². The molecule has 4 rings (SSSR count). The minimum atomic E-state index is -2.57. The highest BCUT2D eigenvalue weighted by atomic mass is 16.3. The molecule has 0 bridgehead atoms. The van der Waals surface area contributed by atoms with E-state index in [0.717, 1.165) is 0 Å². The first-order chi connectivity index (χ1) is 14.4. The number of anilines is 2. The highest BCUT2D eigenvalue weighted by Crippen LogP contribution is 2.53. The minimum absolute atomic E-state index is 0.00471. The Morgan fingerprint density at radius 3 is 2.42 bits per heavy atom. The number of rotatable bonds is 2. The predicted octanol–water partition coefficient (Wildman–Crippen LogP) is 0.0721. The van der Waals surface area contributed by atoms with Crippen LogP contribution in [0.25, 0.3) is 5.76 Å². The molecular formula is C21H23N3O7. The molecule has 0 radical (unpaired) electrons. The molecule has 8 N–H and O–H groups in total. The lowest BCUT2D eigenvalue weighted by molar-refractivity contribution is -0.147. The van der Waals surface area contributed by atoms with Gasteiger partial charge in [0.2, 0.25) is 5.78 Å². The Morgan fingerprint density at radius 2 is 1.84 bits per heavy atom. The molecule has 0 aliphatic heterocycles. The number of nitrogen functional groups attached to an aromatic ring is 1. The molecule has 0 aromatic heterocycles. The lowest BCUT2D eigenvalue weighted by Gasteiger charge is -2.46. The SMILES string of the molecule is CN(C)c1cc(N)c(O)c2c1CC1CC3CC(=O)C(C(N)=O)=C(O)[C@@]3(O)C(=O)C1=C2O. The van der Waals surface area contributed by atoms with E-state index in [4.69, 9.17) is 11.5 Å². The second-order valence-electron chi connectivity index (χ2n) is 8.49. The maximum Gasteiger partial charge on any atom is 0.255 e. The topological polar surface area (TPSA) is 187 Å². The molecule has 1 aromatic rings. The first kappa shape index (κ1) is 20.7. The van der Waals surface area contributed by atoms with Gasteiger partial charge >= 0.3 is 0 Å². The molecule has 0 spiro atoms. The van der Waals surface area contributed by atoms with Gasteiger partial charge in [0.1, 0.15) is 22.8 Å². The zero-order valence-electron chi connectivity index (χ0n) is 17.0. The van der Waals surface area contributed by atoms with Crippen molar-refractivity contribution < 1.29 is 34.8 Å². The summed E-state index contributed by atoms with van der Waals surface area (Å²) in [6.07, 6.45) is -0.0356. The molecule has 0 saturated heterocycles.